The SMILES string of the molecule is Cc1oc2cnccc2c1Nc1ccc2c(c1)CC/C2=N/O[Si](C)(C)C(C)(C)C. The zero-order valence-corrected chi connectivity index (χ0v) is 19.1. The Bertz CT molecular complexity index is 1090. The third kappa shape index (κ3) is 3.69. The van der Waals surface area contributed by atoms with Gasteiger partial charge in [-0.1, -0.05) is 26.8 Å². The van der Waals surface area contributed by atoms with Crippen LogP contribution in [-0.2, 0) is 10.9 Å². The lowest BCUT2D eigenvalue weighted by Crippen LogP contribution is -2.39. The highest BCUT2D eigenvalue weighted by molar-refractivity contribution is 6.74. The van der Waals surface area contributed by atoms with Crippen molar-refractivity contribution in [2.75, 3.05) is 5.32 Å². The van der Waals surface area contributed by atoms with E-state index in [2.05, 4.69) is 67.5 Å². The van der Waals surface area contributed by atoms with E-state index in [1.807, 2.05) is 13.0 Å². The van der Waals surface area contributed by atoms with Crippen molar-refractivity contribution in [1.29, 1.82) is 0 Å². The first kappa shape index (κ1) is 19.7. The smallest absolute Gasteiger partial charge is 0.286 e. The first-order valence-corrected chi connectivity index (χ1v) is 13.0. The summed E-state index contributed by atoms with van der Waals surface area (Å²) in [5, 5.41) is 9.32. The number of furan rings is 1. The van der Waals surface area contributed by atoms with E-state index in [4.69, 9.17) is 8.94 Å². The third-order valence-corrected chi connectivity index (χ3v) is 10.3. The van der Waals surface area contributed by atoms with Crippen LogP contribution >= 0.6 is 0 Å². The summed E-state index contributed by atoms with van der Waals surface area (Å²) < 4.78 is 11.9. The predicted octanol–water partition coefficient (Wildman–Crippen LogP) is 6.55. The summed E-state index contributed by atoms with van der Waals surface area (Å²) in [6, 6.07) is 8.44. The molecule has 0 saturated carbocycles. The van der Waals surface area contributed by atoms with Gasteiger partial charge in [0, 0.05) is 22.8 Å². The monoisotopic (exact) mass is 407 g/mol. The molecule has 1 aliphatic carbocycles. The number of nitrogens with zero attached hydrogens (tertiary/aromatic N) is 2. The maximum atomic E-state index is 6.11. The van der Waals surface area contributed by atoms with Crippen LogP contribution in [0.25, 0.3) is 11.0 Å². The molecule has 0 atom stereocenters. The molecule has 0 spiro atoms. The van der Waals surface area contributed by atoms with Crippen molar-refractivity contribution in [2.45, 2.75) is 58.7 Å². The molecule has 1 aliphatic rings. The van der Waals surface area contributed by atoms with Gasteiger partial charge in [0.2, 0.25) is 0 Å². The zero-order valence-electron chi connectivity index (χ0n) is 18.1. The number of hydrogen-bond donors (Lipinski definition) is 1. The van der Waals surface area contributed by atoms with Crippen LogP contribution in [0.5, 0.6) is 0 Å². The molecule has 152 valence electrons. The summed E-state index contributed by atoms with van der Waals surface area (Å²) in [6.45, 7) is 13.1. The Kier molecular flexibility index (Phi) is 4.77. The highest BCUT2D eigenvalue weighted by atomic mass is 28.4. The molecule has 2 aromatic heterocycles. The number of hydrogen-bond acceptors (Lipinski definition) is 5. The summed E-state index contributed by atoms with van der Waals surface area (Å²) in [6.07, 6.45) is 5.45. The Balaban J connectivity index is 1.57. The van der Waals surface area contributed by atoms with Crippen molar-refractivity contribution in [3.63, 3.8) is 0 Å². The number of aryl methyl sites for hydroxylation is 2. The number of oxime groups is 1. The van der Waals surface area contributed by atoms with Crippen molar-refractivity contribution in [2.24, 2.45) is 5.16 Å². The highest BCUT2D eigenvalue weighted by Crippen LogP contribution is 2.38. The second-order valence-corrected chi connectivity index (χ2v) is 14.0. The van der Waals surface area contributed by atoms with Gasteiger partial charge in [-0.3, -0.25) is 4.98 Å². The summed E-state index contributed by atoms with van der Waals surface area (Å²) in [5.41, 5.74) is 6.42. The number of aromatic nitrogens is 1. The molecule has 1 aromatic carbocycles. The lowest BCUT2D eigenvalue weighted by molar-refractivity contribution is 0.307. The second kappa shape index (κ2) is 7.02. The third-order valence-electron chi connectivity index (χ3n) is 6.18. The fraction of sp³-hybridized carbons (Fsp3) is 0.391. The van der Waals surface area contributed by atoms with Gasteiger partial charge < -0.3 is 14.3 Å². The molecule has 29 heavy (non-hydrogen) atoms. The maximum Gasteiger partial charge on any atom is 0.286 e. The fourth-order valence-electron chi connectivity index (χ4n) is 3.32. The van der Waals surface area contributed by atoms with Crippen LogP contribution in [0.4, 0.5) is 11.4 Å². The largest absolute Gasteiger partial charge is 0.457 e. The van der Waals surface area contributed by atoms with Gasteiger partial charge in [-0.2, -0.15) is 0 Å². The minimum Gasteiger partial charge on any atom is -0.457 e. The van der Waals surface area contributed by atoms with Crippen LogP contribution in [0.3, 0.4) is 0 Å². The van der Waals surface area contributed by atoms with Crippen molar-refractivity contribution in [3.05, 3.63) is 53.5 Å². The molecule has 0 saturated heterocycles. The van der Waals surface area contributed by atoms with E-state index < -0.39 is 8.32 Å². The van der Waals surface area contributed by atoms with E-state index in [1.54, 1.807) is 12.4 Å². The van der Waals surface area contributed by atoms with Gasteiger partial charge in [-0.05, 0) is 61.7 Å². The van der Waals surface area contributed by atoms with E-state index in [0.717, 1.165) is 46.7 Å². The average Bonchev–Trinajstić information content (AvgIpc) is 3.20. The molecule has 0 aliphatic heterocycles. The molecular weight excluding hydrogens is 378 g/mol. The van der Waals surface area contributed by atoms with Crippen LogP contribution < -0.4 is 5.32 Å². The summed E-state index contributed by atoms with van der Waals surface area (Å²) in [7, 11) is -1.90. The van der Waals surface area contributed by atoms with E-state index in [-0.39, 0.29) is 5.04 Å². The Morgan fingerprint density at radius 2 is 1.97 bits per heavy atom. The topological polar surface area (TPSA) is 59.7 Å². The van der Waals surface area contributed by atoms with Crippen LogP contribution in [0.15, 0.2) is 46.2 Å². The van der Waals surface area contributed by atoms with E-state index in [1.165, 1.54) is 11.1 Å². The van der Waals surface area contributed by atoms with Gasteiger partial charge in [0.1, 0.15) is 5.76 Å². The number of pyridine rings is 1. The molecule has 0 unspecified atom stereocenters. The average molecular weight is 408 g/mol. The summed E-state index contributed by atoms with van der Waals surface area (Å²) in [4.78, 5) is 4.14. The molecule has 2 heterocycles. The molecular formula is C23H29N3O2Si. The normalized spacial score (nSPS) is 15.7. The van der Waals surface area contributed by atoms with Crippen molar-refractivity contribution in [3.8, 4) is 0 Å². The molecule has 5 nitrogen and oxygen atoms in total. The molecule has 3 aromatic rings. The first-order valence-electron chi connectivity index (χ1n) is 10.1. The Morgan fingerprint density at radius 1 is 1.17 bits per heavy atom. The molecule has 1 N–H and O–H groups in total. The quantitative estimate of drug-likeness (QED) is 0.393. The molecule has 0 amide bonds. The van der Waals surface area contributed by atoms with Crippen LogP contribution in [0.2, 0.25) is 18.1 Å². The predicted molar refractivity (Wildman–Crippen MR) is 122 cm³/mol. The standard InChI is InChI=1S/C23H29N3O2Si/c1-15-22(19-11-12-24-14-21(19)27-15)25-17-8-9-18-16(13-17)7-10-20(18)26-28-29(5,6)23(2,3)4/h8-9,11-14,25H,7,10H2,1-6H3/b26-20-. The van der Waals surface area contributed by atoms with Crippen LogP contribution in [0, 0.1) is 6.92 Å². The van der Waals surface area contributed by atoms with Gasteiger partial charge in [0.25, 0.3) is 8.32 Å². The first-order chi connectivity index (χ1) is 13.7. The molecule has 6 heteroatoms. The van der Waals surface area contributed by atoms with Crippen LogP contribution in [-0.4, -0.2) is 19.0 Å². The lowest BCUT2D eigenvalue weighted by atomic mass is 10.1. The number of benzene rings is 1. The number of rotatable bonds is 4. The molecule has 4 rings (SSSR count). The van der Waals surface area contributed by atoms with Gasteiger partial charge in [-0.15, -0.1) is 5.16 Å². The molecule has 0 radical (unpaired) electrons. The minimum atomic E-state index is -1.90. The Morgan fingerprint density at radius 3 is 2.72 bits per heavy atom. The Hall–Kier alpha value is -2.60. The van der Waals surface area contributed by atoms with Gasteiger partial charge in [0.05, 0.1) is 17.6 Å². The maximum absolute atomic E-state index is 6.11. The number of nitrogens with one attached hydrogen (secondary N) is 1. The van der Waals surface area contributed by atoms with Gasteiger partial charge >= 0.3 is 0 Å². The van der Waals surface area contributed by atoms with E-state index >= 15 is 0 Å². The lowest BCUT2D eigenvalue weighted by Gasteiger charge is -2.33. The van der Waals surface area contributed by atoms with E-state index in [0.29, 0.717) is 0 Å². The summed E-state index contributed by atoms with van der Waals surface area (Å²) >= 11 is 0. The van der Waals surface area contributed by atoms with Crippen molar-refractivity contribution in [1.82, 2.24) is 4.98 Å². The second-order valence-electron chi connectivity index (χ2n) is 9.29. The summed E-state index contributed by atoms with van der Waals surface area (Å²) in [5.74, 6) is 0.860. The van der Waals surface area contributed by atoms with Gasteiger partial charge in [-0.25, -0.2) is 0 Å². The van der Waals surface area contributed by atoms with Gasteiger partial charge in [0.15, 0.2) is 5.58 Å². The number of fused-ring (bicyclic) bond motifs is 2. The molecule has 0 fully saturated rings. The van der Waals surface area contributed by atoms with E-state index in [9.17, 15) is 0 Å². The van der Waals surface area contributed by atoms with Crippen molar-refractivity contribution >= 4 is 36.4 Å². The van der Waals surface area contributed by atoms with Crippen molar-refractivity contribution < 1.29 is 8.94 Å². The zero-order chi connectivity index (χ0) is 20.8. The number of anilines is 2. The highest BCUT2D eigenvalue weighted by Gasteiger charge is 2.40. The molecule has 0 bridgehead atoms. The fourth-order valence-corrected chi connectivity index (χ4v) is 3.93. The van der Waals surface area contributed by atoms with Crippen LogP contribution in [0.1, 0.15) is 44.1 Å². The minimum absolute atomic E-state index is 0.146. The Labute approximate surface area is 173 Å².